The number of nitrogens with one attached hydrogen (secondary N) is 1. The molecule has 0 radical (unpaired) electrons. The Labute approximate surface area is 127 Å². The average molecular weight is 284 g/mol. The molecule has 0 amide bonds. The zero-order valence-corrected chi connectivity index (χ0v) is 13.3. The van der Waals surface area contributed by atoms with Gasteiger partial charge in [-0.25, -0.2) is 4.98 Å². The Hall–Kier alpha value is -2.10. The van der Waals surface area contributed by atoms with Crippen molar-refractivity contribution in [1.29, 1.82) is 0 Å². The normalized spacial score (nSPS) is 10.7. The van der Waals surface area contributed by atoms with E-state index in [1.807, 2.05) is 19.1 Å². The molecule has 0 atom stereocenters. The molecule has 112 valence electrons. The third-order valence-electron chi connectivity index (χ3n) is 3.16. The van der Waals surface area contributed by atoms with E-state index in [-0.39, 0.29) is 0 Å². The summed E-state index contributed by atoms with van der Waals surface area (Å²) in [5.41, 5.74) is 2.25. The van der Waals surface area contributed by atoms with Crippen LogP contribution in [0.1, 0.15) is 32.0 Å². The molecule has 4 nitrogen and oxygen atoms in total. The molecule has 1 aromatic carbocycles. The summed E-state index contributed by atoms with van der Waals surface area (Å²) < 4.78 is 0. The molecule has 2 aromatic rings. The van der Waals surface area contributed by atoms with Gasteiger partial charge in [0, 0.05) is 30.9 Å². The van der Waals surface area contributed by atoms with E-state index < -0.39 is 0 Å². The van der Waals surface area contributed by atoms with E-state index in [9.17, 15) is 0 Å². The molecular formula is C17H24N4. The number of benzene rings is 1. The predicted molar refractivity (Wildman–Crippen MR) is 88.7 cm³/mol. The molecular weight excluding hydrogens is 260 g/mol. The molecule has 21 heavy (non-hydrogen) atoms. The molecule has 0 saturated heterocycles. The molecule has 1 N–H and O–H groups in total. The van der Waals surface area contributed by atoms with Crippen molar-refractivity contribution in [1.82, 2.24) is 9.97 Å². The Bertz CT molecular complexity index is 566. The Morgan fingerprint density at radius 1 is 1.14 bits per heavy atom. The van der Waals surface area contributed by atoms with Crippen molar-refractivity contribution < 1.29 is 0 Å². The van der Waals surface area contributed by atoms with Gasteiger partial charge in [0.2, 0.25) is 5.95 Å². The molecule has 1 heterocycles. The maximum absolute atomic E-state index is 4.64. The summed E-state index contributed by atoms with van der Waals surface area (Å²) in [6.07, 6.45) is 0. The Kier molecular flexibility index (Phi) is 5.14. The van der Waals surface area contributed by atoms with Crippen LogP contribution in [-0.2, 0) is 6.54 Å². The van der Waals surface area contributed by atoms with Crippen molar-refractivity contribution >= 4 is 11.8 Å². The van der Waals surface area contributed by atoms with Crippen molar-refractivity contribution in [2.24, 2.45) is 0 Å². The minimum atomic E-state index is 0.358. The molecule has 0 unspecified atom stereocenters. The van der Waals surface area contributed by atoms with E-state index in [0.29, 0.717) is 6.04 Å². The van der Waals surface area contributed by atoms with E-state index in [1.165, 1.54) is 5.56 Å². The van der Waals surface area contributed by atoms with E-state index in [4.69, 9.17) is 0 Å². The second kappa shape index (κ2) is 7.07. The highest BCUT2D eigenvalue weighted by molar-refractivity contribution is 5.44. The van der Waals surface area contributed by atoms with Gasteiger partial charge < -0.3 is 10.2 Å². The maximum Gasteiger partial charge on any atom is 0.227 e. The van der Waals surface area contributed by atoms with E-state index in [1.54, 1.807) is 0 Å². The van der Waals surface area contributed by atoms with Gasteiger partial charge in [0.15, 0.2) is 0 Å². The number of nitrogens with zero attached hydrogens (tertiary/aromatic N) is 3. The van der Waals surface area contributed by atoms with Crippen LogP contribution in [0.25, 0.3) is 0 Å². The van der Waals surface area contributed by atoms with Gasteiger partial charge in [0.25, 0.3) is 0 Å². The van der Waals surface area contributed by atoms with Gasteiger partial charge in [-0.1, -0.05) is 30.3 Å². The van der Waals surface area contributed by atoms with Crippen molar-refractivity contribution in [3.63, 3.8) is 0 Å². The lowest BCUT2D eigenvalue weighted by Gasteiger charge is -2.22. The molecule has 0 aliphatic rings. The highest BCUT2D eigenvalue weighted by Crippen LogP contribution is 2.16. The lowest BCUT2D eigenvalue weighted by molar-refractivity contribution is 0.784. The lowest BCUT2D eigenvalue weighted by Crippen LogP contribution is -2.25. The third kappa shape index (κ3) is 4.45. The number of aromatic nitrogens is 2. The molecule has 0 aliphatic carbocycles. The van der Waals surface area contributed by atoms with Gasteiger partial charge in [-0.2, -0.15) is 4.98 Å². The number of hydrogen-bond acceptors (Lipinski definition) is 4. The van der Waals surface area contributed by atoms with E-state index in [0.717, 1.165) is 30.5 Å². The molecule has 0 fully saturated rings. The highest BCUT2D eigenvalue weighted by atomic mass is 15.3. The molecule has 2 rings (SSSR count). The number of hydrogen-bond donors (Lipinski definition) is 1. The van der Waals surface area contributed by atoms with Crippen LogP contribution in [0.2, 0.25) is 0 Å². The summed E-state index contributed by atoms with van der Waals surface area (Å²) in [6.45, 7) is 10.1. The topological polar surface area (TPSA) is 41.1 Å². The standard InChI is InChI=1S/C17H24N4/c1-5-21(12-15-9-7-6-8-10-15)17-19-14(4)11-16(20-17)18-13(2)3/h6-11,13H,5,12H2,1-4H3,(H,18,19,20). The van der Waals surface area contributed by atoms with Gasteiger partial charge >= 0.3 is 0 Å². The van der Waals surface area contributed by atoms with E-state index >= 15 is 0 Å². The Morgan fingerprint density at radius 2 is 1.86 bits per heavy atom. The summed E-state index contributed by atoms with van der Waals surface area (Å²) in [5.74, 6) is 1.67. The third-order valence-corrected chi connectivity index (χ3v) is 3.16. The van der Waals surface area contributed by atoms with E-state index in [2.05, 4.69) is 65.2 Å². The number of aryl methyl sites for hydroxylation is 1. The minimum Gasteiger partial charge on any atom is -0.368 e. The summed E-state index contributed by atoms with van der Waals surface area (Å²) in [7, 11) is 0. The van der Waals surface area contributed by atoms with Gasteiger partial charge in [-0.05, 0) is 33.3 Å². The smallest absolute Gasteiger partial charge is 0.227 e. The quantitative estimate of drug-likeness (QED) is 0.879. The van der Waals surface area contributed by atoms with Crippen LogP contribution in [0.3, 0.4) is 0 Å². The predicted octanol–water partition coefficient (Wildman–Crippen LogP) is 3.63. The van der Waals surface area contributed by atoms with Crippen LogP contribution in [-0.4, -0.2) is 22.6 Å². The van der Waals surface area contributed by atoms with Crippen molar-refractivity contribution in [2.45, 2.75) is 40.3 Å². The van der Waals surface area contributed by atoms with Crippen LogP contribution < -0.4 is 10.2 Å². The van der Waals surface area contributed by atoms with Crippen LogP contribution in [0.5, 0.6) is 0 Å². The van der Waals surface area contributed by atoms with Crippen LogP contribution >= 0.6 is 0 Å². The fourth-order valence-corrected chi connectivity index (χ4v) is 2.19. The van der Waals surface area contributed by atoms with Gasteiger partial charge in [0.05, 0.1) is 0 Å². The van der Waals surface area contributed by atoms with Crippen molar-refractivity contribution in [3.05, 3.63) is 47.7 Å². The second-order valence-corrected chi connectivity index (χ2v) is 5.49. The fraction of sp³-hybridized carbons (Fsp3) is 0.412. The highest BCUT2D eigenvalue weighted by Gasteiger charge is 2.11. The summed E-state index contributed by atoms with van der Waals surface area (Å²) in [6, 6.07) is 12.8. The molecule has 0 saturated carbocycles. The Balaban J connectivity index is 2.23. The van der Waals surface area contributed by atoms with Gasteiger partial charge in [0.1, 0.15) is 5.82 Å². The Morgan fingerprint density at radius 3 is 2.48 bits per heavy atom. The summed E-state index contributed by atoms with van der Waals surface area (Å²) >= 11 is 0. The largest absolute Gasteiger partial charge is 0.368 e. The zero-order chi connectivity index (χ0) is 15.2. The van der Waals surface area contributed by atoms with Crippen LogP contribution in [0, 0.1) is 6.92 Å². The molecule has 0 aliphatic heterocycles. The van der Waals surface area contributed by atoms with Crippen LogP contribution in [0.4, 0.5) is 11.8 Å². The number of anilines is 2. The maximum atomic E-state index is 4.64. The zero-order valence-electron chi connectivity index (χ0n) is 13.3. The first kappa shape index (κ1) is 15.3. The lowest BCUT2D eigenvalue weighted by atomic mass is 10.2. The molecule has 1 aromatic heterocycles. The SMILES string of the molecule is CCN(Cc1ccccc1)c1nc(C)cc(NC(C)C)n1. The van der Waals surface area contributed by atoms with Gasteiger partial charge in [-0.3, -0.25) is 0 Å². The first-order valence-corrected chi connectivity index (χ1v) is 7.49. The fourth-order valence-electron chi connectivity index (χ4n) is 2.19. The van der Waals surface area contributed by atoms with Gasteiger partial charge in [-0.15, -0.1) is 0 Å². The summed E-state index contributed by atoms with van der Waals surface area (Å²) in [5, 5.41) is 3.35. The minimum absolute atomic E-state index is 0.358. The first-order chi connectivity index (χ1) is 10.1. The average Bonchev–Trinajstić information content (AvgIpc) is 2.44. The first-order valence-electron chi connectivity index (χ1n) is 7.49. The summed E-state index contributed by atoms with van der Waals surface area (Å²) in [4.78, 5) is 11.4. The molecule has 0 bridgehead atoms. The van der Waals surface area contributed by atoms with Crippen LogP contribution in [0.15, 0.2) is 36.4 Å². The van der Waals surface area contributed by atoms with Crippen molar-refractivity contribution in [2.75, 3.05) is 16.8 Å². The molecule has 4 heteroatoms. The second-order valence-electron chi connectivity index (χ2n) is 5.49. The van der Waals surface area contributed by atoms with Crippen molar-refractivity contribution in [3.8, 4) is 0 Å². The number of rotatable bonds is 6. The molecule has 0 spiro atoms. The monoisotopic (exact) mass is 284 g/mol.